The SMILES string of the molecule is CN(C1CC1)S(=O)(=O)c1ccc(C#N)cc1Cl. The predicted octanol–water partition coefficient (Wildman–Crippen LogP) is 1.99. The van der Waals surface area contributed by atoms with Crippen LogP contribution in [0.2, 0.25) is 5.02 Å². The molecule has 0 amide bonds. The van der Waals surface area contributed by atoms with Gasteiger partial charge in [0.25, 0.3) is 0 Å². The monoisotopic (exact) mass is 270 g/mol. The number of halogens is 1. The van der Waals surface area contributed by atoms with Gasteiger partial charge in [-0.15, -0.1) is 0 Å². The van der Waals surface area contributed by atoms with Gasteiger partial charge in [0.1, 0.15) is 4.90 Å². The van der Waals surface area contributed by atoms with Crippen molar-refractivity contribution in [1.82, 2.24) is 4.31 Å². The zero-order chi connectivity index (χ0) is 12.6. The molecule has 1 fully saturated rings. The molecule has 1 saturated carbocycles. The zero-order valence-electron chi connectivity index (χ0n) is 9.22. The molecule has 0 heterocycles. The Labute approximate surface area is 105 Å². The minimum absolute atomic E-state index is 0.0626. The van der Waals surface area contributed by atoms with Crippen LogP contribution in [0.15, 0.2) is 23.1 Å². The van der Waals surface area contributed by atoms with Crippen molar-refractivity contribution in [3.8, 4) is 6.07 Å². The summed E-state index contributed by atoms with van der Waals surface area (Å²) in [6.07, 6.45) is 1.78. The third-order valence-corrected chi connectivity index (χ3v) is 5.17. The molecule has 17 heavy (non-hydrogen) atoms. The first kappa shape index (κ1) is 12.4. The molecule has 0 saturated heterocycles. The maximum Gasteiger partial charge on any atom is 0.244 e. The quantitative estimate of drug-likeness (QED) is 0.844. The largest absolute Gasteiger partial charge is 0.244 e. The van der Waals surface area contributed by atoms with Gasteiger partial charge in [-0.3, -0.25) is 0 Å². The molecule has 90 valence electrons. The molecule has 0 atom stereocenters. The van der Waals surface area contributed by atoms with Crippen LogP contribution < -0.4 is 0 Å². The highest BCUT2D eigenvalue weighted by atomic mass is 35.5. The van der Waals surface area contributed by atoms with E-state index in [9.17, 15) is 8.42 Å². The first-order valence-corrected chi connectivity index (χ1v) is 6.96. The van der Waals surface area contributed by atoms with Gasteiger partial charge >= 0.3 is 0 Å². The van der Waals surface area contributed by atoms with Crippen LogP contribution in [0, 0.1) is 11.3 Å². The highest BCUT2D eigenvalue weighted by Crippen LogP contribution is 2.32. The minimum atomic E-state index is -3.54. The Balaban J connectivity index is 2.43. The first-order valence-electron chi connectivity index (χ1n) is 5.14. The molecule has 2 rings (SSSR count). The fraction of sp³-hybridized carbons (Fsp3) is 0.364. The molecule has 0 radical (unpaired) electrons. The van der Waals surface area contributed by atoms with E-state index in [0.29, 0.717) is 5.56 Å². The normalized spacial score (nSPS) is 15.9. The van der Waals surface area contributed by atoms with Crippen LogP contribution >= 0.6 is 11.6 Å². The van der Waals surface area contributed by atoms with Crippen molar-refractivity contribution in [1.29, 1.82) is 5.26 Å². The summed E-state index contributed by atoms with van der Waals surface area (Å²) in [6, 6.07) is 6.22. The average molecular weight is 271 g/mol. The highest BCUT2D eigenvalue weighted by Gasteiger charge is 2.35. The fourth-order valence-corrected chi connectivity index (χ4v) is 3.50. The third kappa shape index (κ3) is 2.29. The summed E-state index contributed by atoms with van der Waals surface area (Å²) in [7, 11) is -1.98. The van der Waals surface area contributed by atoms with Crippen molar-refractivity contribution in [3.05, 3.63) is 28.8 Å². The molecule has 1 aromatic rings. The second kappa shape index (κ2) is 4.30. The molecular formula is C11H11ClN2O2S. The Bertz CT molecular complexity index is 588. The van der Waals surface area contributed by atoms with Crippen molar-refractivity contribution >= 4 is 21.6 Å². The number of sulfonamides is 1. The van der Waals surface area contributed by atoms with Gasteiger partial charge < -0.3 is 0 Å². The number of nitrogens with zero attached hydrogens (tertiary/aromatic N) is 2. The molecule has 1 aromatic carbocycles. The Kier molecular flexibility index (Phi) is 3.13. The summed E-state index contributed by atoms with van der Waals surface area (Å²) in [4.78, 5) is 0.0626. The van der Waals surface area contributed by atoms with E-state index >= 15 is 0 Å². The predicted molar refractivity (Wildman–Crippen MR) is 64.1 cm³/mol. The van der Waals surface area contributed by atoms with Gasteiger partial charge in [0.15, 0.2) is 0 Å². The first-order chi connectivity index (χ1) is 7.96. The third-order valence-electron chi connectivity index (χ3n) is 2.78. The fourth-order valence-electron chi connectivity index (χ4n) is 1.57. The molecule has 1 aliphatic rings. The number of benzene rings is 1. The van der Waals surface area contributed by atoms with Gasteiger partial charge in [-0.2, -0.15) is 9.57 Å². The van der Waals surface area contributed by atoms with E-state index in [2.05, 4.69) is 0 Å². The van der Waals surface area contributed by atoms with E-state index in [0.717, 1.165) is 12.8 Å². The molecule has 0 unspecified atom stereocenters. The van der Waals surface area contributed by atoms with Gasteiger partial charge in [0, 0.05) is 13.1 Å². The number of rotatable bonds is 3. The molecule has 0 bridgehead atoms. The summed E-state index contributed by atoms with van der Waals surface area (Å²) < 4.78 is 25.7. The molecular weight excluding hydrogens is 260 g/mol. The maximum absolute atomic E-state index is 12.2. The maximum atomic E-state index is 12.2. The Morgan fingerprint density at radius 3 is 2.59 bits per heavy atom. The summed E-state index contributed by atoms with van der Waals surface area (Å²) in [5.74, 6) is 0. The zero-order valence-corrected chi connectivity index (χ0v) is 10.8. The lowest BCUT2D eigenvalue weighted by molar-refractivity contribution is 0.464. The molecule has 0 aliphatic heterocycles. The molecule has 4 nitrogen and oxygen atoms in total. The molecule has 6 heteroatoms. The van der Waals surface area contributed by atoms with Crippen LogP contribution in [0.1, 0.15) is 18.4 Å². The number of hydrogen-bond acceptors (Lipinski definition) is 3. The van der Waals surface area contributed by atoms with E-state index in [1.807, 2.05) is 6.07 Å². The van der Waals surface area contributed by atoms with Crippen molar-refractivity contribution in [2.45, 2.75) is 23.8 Å². The smallest absolute Gasteiger partial charge is 0.207 e. The van der Waals surface area contributed by atoms with Gasteiger partial charge in [-0.25, -0.2) is 8.42 Å². The summed E-state index contributed by atoms with van der Waals surface area (Å²) in [5, 5.41) is 8.79. The lowest BCUT2D eigenvalue weighted by Crippen LogP contribution is -2.29. The van der Waals surface area contributed by atoms with Crippen LogP contribution in [0.3, 0.4) is 0 Å². The van der Waals surface area contributed by atoms with Gasteiger partial charge in [-0.1, -0.05) is 11.6 Å². The number of hydrogen-bond donors (Lipinski definition) is 0. The second-order valence-corrected chi connectivity index (χ2v) is 6.38. The van der Waals surface area contributed by atoms with E-state index in [1.165, 1.54) is 22.5 Å². The van der Waals surface area contributed by atoms with E-state index in [4.69, 9.17) is 16.9 Å². The molecule has 0 aromatic heterocycles. The van der Waals surface area contributed by atoms with Gasteiger partial charge in [0.2, 0.25) is 10.0 Å². The Morgan fingerprint density at radius 1 is 1.47 bits per heavy atom. The van der Waals surface area contributed by atoms with Crippen molar-refractivity contribution in [2.75, 3.05) is 7.05 Å². The van der Waals surface area contributed by atoms with Crippen LogP contribution in [0.25, 0.3) is 0 Å². The minimum Gasteiger partial charge on any atom is -0.207 e. The molecule has 0 spiro atoms. The van der Waals surface area contributed by atoms with Crippen molar-refractivity contribution in [3.63, 3.8) is 0 Å². The summed E-state index contributed by atoms with van der Waals surface area (Å²) >= 11 is 5.90. The van der Waals surface area contributed by atoms with Gasteiger partial charge in [0.05, 0.1) is 16.7 Å². The molecule has 1 aliphatic carbocycles. The summed E-state index contributed by atoms with van der Waals surface area (Å²) in [5.41, 5.74) is 0.350. The number of nitriles is 1. The van der Waals surface area contributed by atoms with Crippen LogP contribution in [0.5, 0.6) is 0 Å². The Morgan fingerprint density at radius 2 is 2.12 bits per heavy atom. The Hall–Kier alpha value is -1.09. The average Bonchev–Trinajstić information content (AvgIpc) is 3.11. The van der Waals surface area contributed by atoms with Crippen LogP contribution in [-0.2, 0) is 10.0 Å². The lowest BCUT2D eigenvalue weighted by atomic mass is 10.2. The lowest BCUT2D eigenvalue weighted by Gasteiger charge is -2.17. The second-order valence-electron chi connectivity index (χ2n) is 4.01. The van der Waals surface area contributed by atoms with E-state index in [-0.39, 0.29) is 16.0 Å². The van der Waals surface area contributed by atoms with Crippen LogP contribution in [-0.4, -0.2) is 25.8 Å². The van der Waals surface area contributed by atoms with Crippen molar-refractivity contribution in [2.24, 2.45) is 0 Å². The van der Waals surface area contributed by atoms with Crippen LogP contribution in [0.4, 0.5) is 0 Å². The highest BCUT2D eigenvalue weighted by molar-refractivity contribution is 7.89. The molecule has 0 N–H and O–H groups in total. The topological polar surface area (TPSA) is 61.2 Å². The standard InChI is InChI=1S/C11H11ClN2O2S/c1-14(9-3-4-9)17(15,16)11-5-2-8(7-13)6-10(11)12/h2,5-6,9H,3-4H2,1H3. The van der Waals surface area contributed by atoms with E-state index in [1.54, 1.807) is 7.05 Å². The van der Waals surface area contributed by atoms with E-state index < -0.39 is 10.0 Å². The van der Waals surface area contributed by atoms with Gasteiger partial charge in [-0.05, 0) is 31.0 Å². The van der Waals surface area contributed by atoms with Crippen molar-refractivity contribution < 1.29 is 8.42 Å². The summed E-state index contributed by atoms with van der Waals surface area (Å²) in [6.45, 7) is 0.